The minimum absolute atomic E-state index is 0.0800. The van der Waals surface area contributed by atoms with E-state index >= 15 is 0 Å². The topological polar surface area (TPSA) is 59.3 Å². The smallest absolute Gasteiger partial charge is 0.236 e. The van der Waals surface area contributed by atoms with Crippen LogP contribution in [-0.2, 0) is 16.6 Å². The minimum atomic E-state index is -3.33. The highest BCUT2D eigenvalue weighted by molar-refractivity contribution is 7.89. The molecule has 0 aliphatic heterocycles. The van der Waals surface area contributed by atoms with Crippen LogP contribution in [0.4, 0.5) is 0 Å². The van der Waals surface area contributed by atoms with Crippen LogP contribution in [-0.4, -0.2) is 23.8 Å². The van der Waals surface area contributed by atoms with Crippen molar-refractivity contribution >= 4 is 20.9 Å². The molecule has 0 atom stereocenters. The van der Waals surface area contributed by atoms with Gasteiger partial charge in [-0.25, -0.2) is 12.4 Å². The molecule has 0 amide bonds. The van der Waals surface area contributed by atoms with Gasteiger partial charge >= 0.3 is 0 Å². The number of aliphatic hydroxyl groups excluding tert-OH is 1. The van der Waals surface area contributed by atoms with Crippen LogP contribution in [0.3, 0.4) is 0 Å². The molecule has 18 heavy (non-hydrogen) atoms. The quantitative estimate of drug-likeness (QED) is 0.903. The van der Waals surface area contributed by atoms with E-state index in [1.165, 1.54) is 10.2 Å². The Labute approximate surface area is 107 Å². The van der Waals surface area contributed by atoms with Crippen molar-refractivity contribution in [3.8, 4) is 0 Å². The lowest BCUT2D eigenvalue weighted by molar-refractivity contribution is 0.280. The van der Waals surface area contributed by atoms with Gasteiger partial charge in [0.15, 0.2) is 0 Å². The number of benzene rings is 1. The molecular formula is C13H17NO3S. The summed E-state index contributed by atoms with van der Waals surface area (Å²) in [5.41, 5.74) is 4.34. The molecule has 0 radical (unpaired) electrons. The maximum atomic E-state index is 11.8. The molecule has 2 aromatic rings. The molecule has 0 unspecified atom stereocenters. The first-order chi connectivity index (χ1) is 8.29. The Bertz CT molecular complexity index is 727. The van der Waals surface area contributed by atoms with Crippen LogP contribution in [0, 0.1) is 20.8 Å². The van der Waals surface area contributed by atoms with Crippen LogP contribution in [0.2, 0.25) is 0 Å². The maximum Gasteiger partial charge on any atom is 0.236 e. The Kier molecular flexibility index (Phi) is 2.99. The first-order valence-corrected chi connectivity index (χ1v) is 7.55. The van der Waals surface area contributed by atoms with E-state index in [0.29, 0.717) is 5.52 Å². The van der Waals surface area contributed by atoms with Crippen molar-refractivity contribution in [3.05, 3.63) is 34.5 Å². The summed E-state index contributed by atoms with van der Waals surface area (Å²) < 4.78 is 24.8. The fourth-order valence-corrected chi connectivity index (χ4v) is 3.30. The predicted molar refractivity (Wildman–Crippen MR) is 72.3 cm³/mol. The number of rotatable bonds is 2. The molecule has 0 spiro atoms. The summed E-state index contributed by atoms with van der Waals surface area (Å²) >= 11 is 0. The van der Waals surface area contributed by atoms with E-state index in [2.05, 4.69) is 0 Å². The fraction of sp³-hybridized carbons (Fsp3) is 0.385. The SMILES string of the molecule is Cc1c(CO)c(C)c2c(ccn2S(C)(=O)=O)c1C. The van der Waals surface area contributed by atoms with E-state index in [1.54, 1.807) is 6.20 Å². The Morgan fingerprint density at radius 1 is 1.17 bits per heavy atom. The predicted octanol–water partition coefficient (Wildman–Crippen LogP) is 1.87. The van der Waals surface area contributed by atoms with Gasteiger partial charge in [-0.05, 0) is 49.1 Å². The highest BCUT2D eigenvalue weighted by Crippen LogP contribution is 2.31. The highest BCUT2D eigenvalue weighted by atomic mass is 32.2. The van der Waals surface area contributed by atoms with E-state index in [1.807, 2.05) is 26.8 Å². The maximum absolute atomic E-state index is 11.8. The van der Waals surface area contributed by atoms with Gasteiger partial charge in [-0.1, -0.05) is 0 Å². The summed E-state index contributed by atoms with van der Waals surface area (Å²) in [5, 5.41) is 10.4. The number of aliphatic hydroxyl groups is 1. The minimum Gasteiger partial charge on any atom is -0.392 e. The number of nitrogens with zero attached hydrogens (tertiary/aromatic N) is 1. The van der Waals surface area contributed by atoms with E-state index < -0.39 is 10.0 Å². The van der Waals surface area contributed by atoms with Crippen molar-refractivity contribution in [2.45, 2.75) is 27.4 Å². The van der Waals surface area contributed by atoms with E-state index in [4.69, 9.17) is 0 Å². The molecule has 0 fully saturated rings. The van der Waals surface area contributed by atoms with Gasteiger partial charge in [0.05, 0.1) is 18.4 Å². The summed E-state index contributed by atoms with van der Waals surface area (Å²) in [7, 11) is -3.33. The largest absolute Gasteiger partial charge is 0.392 e. The molecule has 98 valence electrons. The molecule has 1 N–H and O–H groups in total. The van der Waals surface area contributed by atoms with Gasteiger partial charge in [-0.2, -0.15) is 0 Å². The Balaban J connectivity index is 3.04. The Morgan fingerprint density at radius 3 is 2.28 bits per heavy atom. The molecule has 4 nitrogen and oxygen atoms in total. The molecule has 1 aromatic carbocycles. The molecule has 0 aliphatic carbocycles. The lowest BCUT2D eigenvalue weighted by atomic mass is 9.95. The summed E-state index contributed by atoms with van der Waals surface area (Å²) in [6.07, 6.45) is 2.75. The summed E-state index contributed by atoms with van der Waals surface area (Å²) in [6, 6.07) is 1.81. The second kappa shape index (κ2) is 4.10. The fourth-order valence-electron chi connectivity index (χ4n) is 2.45. The molecule has 1 aromatic heterocycles. The second-order valence-corrected chi connectivity index (χ2v) is 6.51. The average Bonchev–Trinajstić information content (AvgIpc) is 2.71. The molecule has 0 saturated carbocycles. The van der Waals surface area contributed by atoms with Gasteiger partial charge in [-0.15, -0.1) is 0 Å². The van der Waals surface area contributed by atoms with E-state index in [0.717, 1.165) is 27.6 Å². The zero-order valence-corrected chi connectivity index (χ0v) is 11.8. The van der Waals surface area contributed by atoms with Crippen molar-refractivity contribution in [2.24, 2.45) is 0 Å². The van der Waals surface area contributed by atoms with Crippen LogP contribution >= 0.6 is 0 Å². The van der Waals surface area contributed by atoms with Crippen molar-refractivity contribution in [3.63, 3.8) is 0 Å². The van der Waals surface area contributed by atoms with Gasteiger partial charge in [0.1, 0.15) is 0 Å². The number of aromatic nitrogens is 1. The average molecular weight is 267 g/mol. The van der Waals surface area contributed by atoms with Gasteiger partial charge in [0.2, 0.25) is 10.0 Å². The summed E-state index contributed by atoms with van der Waals surface area (Å²) in [5.74, 6) is 0. The van der Waals surface area contributed by atoms with Crippen LogP contribution < -0.4 is 0 Å². The lowest BCUT2D eigenvalue weighted by Crippen LogP contribution is -2.10. The van der Waals surface area contributed by atoms with E-state index in [9.17, 15) is 13.5 Å². The lowest BCUT2D eigenvalue weighted by Gasteiger charge is -2.14. The first kappa shape index (κ1) is 13.1. The van der Waals surface area contributed by atoms with Crippen molar-refractivity contribution < 1.29 is 13.5 Å². The Hall–Kier alpha value is -1.33. The van der Waals surface area contributed by atoms with Crippen molar-refractivity contribution in [1.82, 2.24) is 3.97 Å². The molecule has 0 aliphatic rings. The van der Waals surface area contributed by atoms with Crippen molar-refractivity contribution in [2.75, 3.05) is 6.26 Å². The van der Waals surface area contributed by atoms with Gasteiger partial charge in [0.25, 0.3) is 0 Å². The van der Waals surface area contributed by atoms with Crippen molar-refractivity contribution in [1.29, 1.82) is 0 Å². The van der Waals surface area contributed by atoms with Crippen LogP contribution in [0.1, 0.15) is 22.3 Å². The number of aryl methyl sites for hydroxylation is 2. The molecule has 1 heterocycles. The van der Waals surface area contributed by atoms with Crippen LogP contribution in [0.25, 0.3) is 10.9 Å². The standard InChI is InChI=1S/C13H17NO3S/c1-8-9(2)12(7-15)10(3)13-11(8)5-6-14(13)18(4,16)17/h5-6,15H,7H2,1-4H3. The van der Waals surface area contributed by atoms with Gasteiger partial charge in [-0.3, -0.25) is 0 Å². The van der Waals surface area contributed by atoms with E-state index in [-0.39, 0.29) is 6.61 Å². The van der Waals surface area contributed by atoms with Crippen LogP contribution in [0.5, 0.6) is 0 Å². The summed E-state index contributed by atoms with van der Waals surface area (Å²) in [4.78, 5) is 0. The Morgan fingerprint density at radius 2 is 1.78 bits per heavy atom. The molecule has 5 heteroatoms. The molecule has 0 bridgehead atoms. The first-order valence-electron chi connectivity index (χ1n) is 5.70. The molecular weight excluding hydrogens is 250 g/mol. The summed E-state index contributed by atoms with van der Waals surface area (Å²) in [6.45, 7) is 5.67. The highest BCUT2D eigenvalue weighted by Gasteiger charge is 2.17. The van der Waals surface area contributed by atoms with Gasteiger partial charge < -0.3 is 5.11 Å². The zero-order chi connectivity index (χ0) is 13.7. The number of fused-ring (bicyclic) bond motifs is 1. The number of hydrogen-bond acceptors (Lipinski definition) is 3. The molecule has 0 saturated heterocycles. The third-order valence-electron chi connectivity index (χ3n) is 3.59. The second-order valence-electron chi connectivity index (χ2n) is 4.65. The number of hydrogen-bond donors (Lipinski definition) is 1. The monoisotopic (exact) mass is 267 g/mol. The third-order valence-corrected chi connectivity index (χ3v) is 4.61. The third kappa shape index (κ3) is 1.74. The normalized spacial score (nSPS) is 12.3. The van der Waals surface area contributed by atoms with Crippen LogP contribution in [0.15, 0.2) is 12.3 Å². The zero-order valence-electron chi connectivity index (χ0n) is 11.0. The van der Waals surface area contributed by atoms with Gasteiger partial charge in [0, 0.05) is 11.6 Å². The molecule has 2 rings (SSSR count).